The van der Waals surface area contributed by atoms with Crippen LogP contribution in [0.3, 0.4) is 0 Å². The molecule has 0 radical (unpaired) electrons. The van der Waals surface area contributed by atoms with E-state index in [1.165, 1.54) is 0 Å². The van der Waals surface area contributed by atoms with Gasteiger partial charge in [-0.25, -0.2) is 0 Å². The third kappa shape index (κ3) is 22.6. The quantitative estimate of drug-likeness (QED) is 0.749. The standard InChI is InChI=1S/C6H14O.C5H12O2/c1-5(2)7-6(3)4;1-5(2)7-4-3-6/h5-6H,1-4H3;5-6H,3-4H2,1-2H3. The van der Waals surface area contributed by atoms with Crippen LogP contribution in [0.1, 0.15) is 41.5 Å². The van der Waals surface area contributed by atoms with Crippen molar-refractivity contribution < 1.29 is 14.6 Å². The van der Waals surface area contributed by atoms with Gasteiger partial charge in [0.25, 0.3) is 0 Å². The summed E-state index contributed by atoms with van der Waals surface area (Å²) in [6.07, 6.45) is 0.993. The minimum atomic E-state index is 0.123. The first kappa shape index (κ1) is 16.3. The summed E-state index contributed by atoms with van der Waals surface area (Å²) in [7, 11) is 0. The smallest absolute Gasteiger partial charge is 0.0701 e. The number of rotatable bonds is 5. The lowest BCUT2D eigenvalue weighted by Crippen LogP contribution is -2.09. The zero-order valence-corrected chi connectivity index (χ0v) is 10.4. The highest BCUT2D eigenvalue weighted by atomic mass is 16.5. The summed E-state index contributed by atoms with van der Waals surface area (Å²) in [5, 5.41) is 8.19. The highest BCUT2D eigenvalue weighted by Gasteiger charge is 1.94. The molecular formula is C11H26O3. The summed E-state index contributed by atoms with van der Waals surface area (Å²) >= 11 is 0. The third-order valence-electron chi connectivity index (χ3n) is 1.09. The second-order valence-electron chi connectivity index (χ2n) is 3.88. The normalized spacial score (nSPS) is 10.7. The van der Waals surface area contributed by atoms with Crippen LogP contribution < -0.4 is 0 Å². The van der Waals surface area contributed by atoms with Gasteiger partial charge in [-0.2, -0.15) is 0 Å². The number of hydrogen-bond donors (Lipinski definition) is 1. The summed E-state index contributed by atoms with van der Waals surface area (Å²) in [4.78, 5) is 0. The van der Waals surface area contributed by atoms with E-state index in [1.54, 1.807) is 0 Å². The van der Waals surface area contributed by atoms with Gasteiger partial charge in [0.1, 0.15) is 0 Å². The molecule has 3 nitrogen and oxygen atoms in total. The molecule has 0 saturated carbocycles. The van der Waals surface area contributed by atoms with Gasteiger partial charge >= 0.3 is 0 Å². The van der Waals surface area contributed by atoms with Gasteiger partial charge in [0.05, 0.1) is 31.5 Å². The minimum Gasteiger partial charge on any atom is -0.394 e. The molecule has 0 bridgehead atoms. The van der Waals surface area contributed by atoms with Gasteiger partial charge < -0.3 is 14.6 Å². The molecule has 3 heteroatoms. The molecular weight excluding hydrogens is 180 g/mol. The van der Waals surface area contributed by atoms with E-state index in [1.807, 2.05) is 41.5 Å². The molecule has 0 aromatic rings. The fourth-order valence-corrected chi connectivity index (χ4v) is 0.833. The molecule has 0 aliphatic carbocycles. The Morgan fingerprint density at radius 2 is 1.29 bits per heavy atom. The van der Waals surface area contributed by atoms with Crippen LogP contribution in [0.15, 0.2) is 0 Å². The molecule has 0 amide bonds. The maximum atomic E-state index is 8.19. The minimum absolute atomic E-state index is 0.123. The Balaban J connectivity index is 0. The fraction of sp³-hybridized carbons (Fsp3) is 1.00. The highest BCUT2D eigenvalue weighted by Crippen LogP contribution is 1.93. The van der Waals surface area contributed by atoms with Crippen LogP contribution in [-0.2, 0) is 9.47 Å². The maximum absolute atomic E-state index is 8.19. The van der Waals surface area contributed by atoms with Crippen molar-refractivity contribution in [3.63, 3.8) is 0 Å². The molecule has 0 unspecified atom stereocenters. The summed E-state index contributed by atoms with van der Waals surface area (Å²) in [5.74, 6) is 0. The molecule has 0 heterocycles. The first-order valence-corrected chi connectivity index (χ1v) is 5.28. The lowest BCUT2D eigenvalue weighted by Gasteiger charge is -2.09. The lowest BCUT2D eigenvalue weighted by molar-refractivity contribution is 0.0300. The van der Waals surface area contributed by atoms with Crippen LogP contribution >= 0.6 is 0 Å². The van der Waals surface area contributed by atoms with E-state index >= 15 is 0 Å². The molecule has 0 aromatic carbocycles. The molecule has 0 aliphatic rings. The zero-order chi connectivity index (χ0) is 11.6. The summed E-state index contributed by atoms with van der Waals surface area (Å²) < 4.78 is 10.2. The van der Waals surface area contributed by atoms with Crippen molar-refractivity contribution in [1.82, 2.24) is 0 Å². The van der Waals surface area contributed by atoms with Crippen molar-refractivity contribution in [1.29, 1.82) is 0 Å². The molecule has 0 fully saturated rings. The van der Waals surface area contributed by atoms with Gasteiger partial charge in [-0.1, -0.05) is 0 Å². The highest BCUT2D eigenvalue weighted by molar-refractivity contribution is 4.40. The molecule has 0 spiro atoms. The zero-order valence-electron chi connectivity index (χ0n) is 10.4. The van der Waals surface area contributed by atoms with Gasteiger partial charge in [-0.05, 0) is 41.5 Å². The Morgan fingerprint density at radius 1 is 0.857 bits per heavy atom. The number of ether oxygens (including phenoxy) is 2. The Kier molecular flexibility index (Phi) is 12.8. The molecule has 0 saturated heterocycles. The Hall–Kier alpha value is -0.120. The van der Waals surface area contributed by atoms with Crippen molar-refractivity contribution in [3.05, 3.63) is 0 Å². The predicted octanol–water partition coefficient (Wildman–Crippen LogP) is 2.22. The molecule has 1 N–H and O–H groups in total. The monoisotopic (exact) mass is 206 g/mol. The van der Waals surface area contributed by atoms with Crippen molar-refractivity contribution in [2.24, 2.45) is 0 Å². The van der Waals surface area contributed by atoms with E-state index in [9.17, 15) is 0 Å². The van der Waals surface area contributed by atoms with E-state index in [-0.39, 0.29) is 12.7 Å². The van der Waals surface area contributed by atoms with E-state index in [2.05, 4.69) is 0 Å². The molecule has 0 aromatic heterocycles. The topological polar surface area (TPSA) is 38.7 Å². The number of hydrogen-bond acceptors (Lipinski definition) is 3. The first-order chi connectivity index (χ1) is 6.40. The Bertz CT molecular complexity index is 94.7. The maximum Gasteiger partial charge on any atom is 0.0701 e. The van der Waals surface area contributed by atoms with Crippen LogP contribution in [0.5, 0.6) is 0 Å². The first-order valence-electron chi connectivity index (χ1n) is 5.28. The van der Waals surface area contributed by atoms with E-state index in [4.69, 9.17) is 14.6 Å². The van der Waals surface area contributed by atoms with Gasteiger partial charge in [-0.3, -0.25) is 0 Å². The second kappa shape index (κ2) is 11.0. The van der Waals surface area contributed by atoms with Crippen LogP contribution in [0.4, 0.5) is 0 Å². The van der Waals surface area contributed by atoms with Crippen molar-refractivity contribution >= 4 is 0 Å². The summed E-state index contributed by atoms with van der Waals surface area (Å²) in [6, 6.07) is 0. The molecule has 14 heavy (non-hydrogen) atoms. The Morgan fingerprint density at radius 3 is 1.36 bits per heavy atom. The molecule has 88 valence electrons. The number of aliphatic hydroxyl groups excluding tert-OH is 1. The molecule has 0 rings (SSSR count). The fourth-order valence-electron chi connectivity index (χ4n) is 0.833. The van der Waals surface area contributed by atoms with Gasteiger partial charge in [0, 0.05) is 0 Å². The summed E-state index contributed by atoms with van der Waals surface area (Å²) in [6.45, 7) is 12.6. The summed E-state index contributed by atoms with van der Waals surface area (Å²) in [5.41, 5.74) is 0. The van der Waals surface area contributed by atoms with Crippen LogP contribution in [-0.4, -0.2) is 36.6 Å². The van der Waals surface area contributed by atoms with E-state index in [0.717, 1.165) is 0 Å². The van der Waals surface area contributed by atoms with Gasteiger partial charge in [0.2, 0.25) is 0 Å². The van der Waals surface area contributed by atoms with Crippen LogP contribution in [0.25, 0.3) is 0 Å². The second-order valence-corrected chi connectivity index (χ2v) is 3.88. The van der Waals surface area contributed by atoms with E-state index in [0.29, 0.717) is 18.8 Å². The van der Waals surface area contributed by atoms with Crippen molar-refractivity contribution in [3.8, 4) is 0 Å². The molecule has 0 atom stereocenters. The Labute approximate surface area is 88.4 Å². The van der Waals surface area contributed by atoms with Gasteiger partial charge in [-0.15, -0.1) is 0 Å². The largest absolute Gasteiger partial charge is 0.394 e. The average Bonchev–Trinajstić information content (AvgIpc) is 1.99. The van der Waals surface area contributed by atoms with Crippen molar-refractivity contribution in [2.75, 3.05) is 13.2 Å². The van der Waals surface area contributed by atoms with Crippen molar-refractivity contribution in [2.45, 2.75) is 59.9 Å². The van der Waals surface area contributed by atoms with E-state index < -0.39 is 0 Å². The van der Waals surface area contributed by atoms with Crippen LogP contribution in [0.2, 0.25) is 0 Å². The SMILES string of the molecule is CC(C)OC(C)C.CC(C)OCCO. The number of aliphatic hydroxyl groups is 1. The lowest BCUT2D eigenvalue weighted by atomic mass is 10.4. The predicted molar refractivity (Wildman–Crippen MR) is 59.5 cm³/mol. The van der Waals surface area contributed by atoms with Gasteiger partial charge in [0.15, 0.2) is 0 Å². The van der Waals surface area contributed by atoms with Crippen LogP contribution in [0, 0.1) is 0 Å². The third-order valence-corrected chi connectivity index (χ3v) is 1.09. The molecule has 0 aliphatic heterocycles. The average molecular weight is 206 g/mol.